The molecule has 0 bridgehead atoms. The molecule has 0 saturated carbocycles. The summed E-state index contributed by atoms with van der Waals surface area (Å²) in [5.41, 5.74) is 3.53. The van der Waals surface area contributed by atoms with E-state index in [1.807, 2.05) is 35.6 Å². The van der Waals surface area contributed by atoms with E-state index in [0.717, 1.165) is 40.7 Å². The predicted molar refractivity (Wildman–Crippen MR) is 114 cm³/mol. The van der Waals surface area contributed by atoms with Gasteiger partial charge in [0.1, 0.15) is 11.2 Å². The van der Waals surface area contributed by atoms with Gasteiger partial charge in [-0.05, 0) is 55.2 Å². The topological polar surface area (TPSA) is 52.2 Å². The molecule has 0 unspecified atom stereocenters. The van der Waals surface area contributed by atoms with Crippen LogP contribution in [0.25, 0.3) is 21.7 Å². The molecule has 1 aromatic carbocycles. The Balaban J connectivity index is 1.80. The minimum atomic E-state index is 0.0195. The van der Waals surface area contributed by atoms with Crippen molar-refractivity contribution in [2.45, 2.75) is 47.0 Å². The maximum atomic E-state index is 13.6. The highest BCUT2D eigenvalue weighted by Crippen LogP contribution is 2.42. The molecule has 1 aliphatic carbocycles. The van der Waals surface area contributed by atoms with Crippen LogP contribution in [0.15, 0.2) is 35.4 Å². The Morgan fingerprint density at radius 3 is 2.64 bits per heavy atom. The van der Waals surface area contributed by atoms with Gasteiger partial charge in [-0.25, -0.2) is 4.57 Å². The lowest BCUT2D eigenvalue weighted by Gasteiger charge is -2.33. The van der Waals surface area contributed by atoms with E-state index in [2.05, 4.69) is 31.0 Å². The highest BCUT2D eigenvalue weighted by molar-refractivity contribution is 7.18. The summed E-state index contributed by atoms with van der Waals surface area (Å²) in [5, 5.41) is 9.24. The lowest BCUT2D eigenvalue weighted by molar-refractivity contribution is 0.218. The Kier molecular flexibility index (Phi) is 3.78. The summed E-state index contributed by atoms with van der Waals surface area (Å²) < 4.78 is 3.68. The van der Waals surface area contributed by atoms with Gasteiger partial charge in [-0.3, -0.25) is 9.20 Å². The monoisotopic (exact) mass is 392 g/mol. The number of nitrogens with zero attached hydrogens (tertiary/aromatic N) is 4. The van der Waals surface area contributed by atoms with Crippen LogP contribution in [0.5, 0.6) is 0 Å². The van der Waals surface area contributed by atoms with Crippen molar-refractivity contribution in [2.75, 3.05) is 0 Å². The van der Waals surface area contributed by atoms with Crippen molar-refractivity contribution < 1.29 is 0 Å². The minimum Gasteiger partial charge on any atom is -0.268 e. The number of aromatic nitrogens is 4. The second-order valence-corrected chi connectivity index (χ2v) is 10.1. The van der Waals surface area contributed by atoms with Gasteiger partial charge in [0.2, 0.25) is 5.78 Å². The van der Waals surface area contributed by atoms with Crippen molar-refractivity contribution >= 4 is 27.3 Å². The zero-order chi connectivity index (χ0) is 19.6. The van der Waals surface area contributed by atoms with Gasteiger partial charge < -0.3 is 0 Å². The molecule has 1 aliphatic rings. The predicted octanol–water partition coefficient (Wildman–Crippen LogP) is 4.55. The molecule has 0 fully saturated rings. The van der Waals surface area contributed by atoms with E-state index in [-0.39, 0.29) is 11.0 Å². The Morgan fingerprint density at radius 2 is 1.93 bits per heavy atom. The molecule has 0 amide bonds. The van der Waals surface area contributed by atoms with E-state index in [0.29, 0.717) is 11.7 Å². The van der Waals surface area contributed by atoms with Gasteiger partial charge in [-0.15, -0.1) is 21.5 Å². The van der Waals surface area contributed by atoms with E-state index >= 15 is 0 Å². The molecule has 0 aliphatic heterocycles. The Morgan fingerprint density at radius 1 is 1.18 bits per heavy atom. The molecule has 3 heterocycles. The first-order valence-corrected chi connectivity index (χ1v) is 10.6. The number of thiophene rings is 1. The van der Waals surface area contributed by atoms with Gasteiger partial charge in [-0.2, -0.15) is 0 Å². The van der Waals surface area contributed by atoms with Gasteiger partial charge in [-0.1, -0.05) is 38.5 Å². The summed E-state index contributed by atoms with van der Waals surface area (Å²) in [6, 6.07) is 8.00. The van der Waals surface area contributed by atoms with E-state index in [9.17, 15) is 4.79 Å². The lowest BCUT2D eigenvalue weighted by atomic mass is 9.72. The number of hydrogen-bond donors (Lipinski definition) is 0. The molecule has 0 saturated heterocycles. The molecule has 5 rings (SSSR count). The molecular formula is C22H24N4OS. The fourth-order valence-electron chi connectivity index (χ4n) is 4.35. The molecule has 0 radical (unpaired) electrons. The molecule has 6 heteroatoms. The summed E-state index contributed by atoms with van der Waals surface area (Å²) >= 11 is 1.74. The molecule has 4 aromatic rings. The summed E-state index contributed by atoms with van der Waals surface area (Å²) in [5.74, 6) is 1.22. The summed E-state index contributed by atoms with van der Waals surface area (Å²) in [6.45, 7) is 9.00. The number of fused-ring (bicyclic) bond motifs is 5. The molecule has 0 spiro atoms. The molecule has 1 atom stereocenters. The second kappa shape index (κ2) is 6.01. The molecule has 0 N–H and O–H groups in total. The first kappa shape index (κ1) is 17.6. The molecule has 5 nitrogen and oxygen atoms in total. The Hall–Kier alpha value is -2.47. The number of rotatable bonds is 1. The van der Waals surface area contributed by atoms with Crippen molar-refractivity contribution in [3.8, 4) is 5.69 Å². The smallest absolute Gasteiger partial charge is 0.268 e. The molecular weight excluding hydrogens is 368 g/mol. The average molecular weight is 393 g/mol. The molecule has 28 heavy (non-hydrogen) atoms. The van der Waals surface area contributed by atoms with Crippen molar-refractivity contribution in [3.05, 3.63) is 57.0 Å². The van der Waals surface area contributed by atoms with Gasteiger partial charge in [0.05, 0.1) is 11.1 Å². The van der Waals surface area contributed by atoms with Crippen LogP contribution in [0.4, 0.5) is 0 Å². The SMILES string of the molecule is Cc1ccc(-n2c(=O)c3c4c(sc3n3cnnc23)C[C@H](C(C)(C)C)CC4)cc1. The van der Waals surface area contributed by atoms with Crippen molar-refractivity contribution in [1.82, 2.24) is 19.2 Å². The maximum absolute atomic E-state index is 13.6. The van der Waals surface area contributed by atoms with Crippen LogP contribution in [-0.4, -0.2) is 19.2 Å². The van der Waals surface area contributed by atoms with E-state index < -0.39 is 0 Å². The summed E-state index contributed by atoms with van der Waals surface area (Å²) in [4.78, 5) is 16.0. The van der Waals surface area contributed by atoms with E-state index in [1.54, 1.807) is 22.2 Å². The third-order valence-electron chi connectivity index (χ3n) is 6.13. The van der Waals surface area contributed by atoms with Crippen LogP contribution in [0.3, 0.4) is 0 Å². The zero-order valence-corrected chi connectivity index (χ0v) is 17.5. The van der Waals surface area contributed by atoms with E-state index in [4.69, 9.17) is 0 Å². The Labute approximate surface area is 167 Å². The zero-order valence-electron chi connectivity index (χ0n) is 16.7. The van der Waals surface area contributed by atoms with Crippen LogP contribution < -0.4 is 5.56 Å². The summed E-state index contributed by atoms with van der Waals surface area (Å²) in [6.07, 6.45) is 4.87. The minimum absolute atomic E-state index is 0.0195. The fourth-order valence-corrected chi connectivity index (χ4v) is 5.74. The summed E-state index contributed by atoms with van der Waals surface area (Å²) in [7, 11) is 0. The highest BCUT2D eigenvalue weighted by atomic mass is 32.1. The largest absolute Gasteiger partial charge is 0.268 e. The standard InChI is InChI=1S/C22H24N4OS/c1-13-5-8-15(9-6-13)26-19(27)18-16-10-7-14(22(2,3)4)11-17(16)28-20(18)25-12-23-24-21(25)26/h5-6,8-9,12,14H,7,10-11H2,1-4H3/t14-/m1/s1. The van der Waals surface area contributed by atoms with Gasteiger partial charge in [0, 0.05) is 4.88 Å². The average Bonchev–Trinajstić information content (AvgIpc) is 3.26. The van der Waals surface area contributed by atoms with Crippen LogP contribution in [0.2, 0.25) is 0 Å². The lowest BCUT2D eigenvalue weighted by Crippen LogP contribution is -2.27. The van der Waals surface area contributed by atoms with Crippen molar-refractivity contribution in [2.24, 2.45) is 11.3 Å². The van der Waals surface area contributed by atoms with Crippen LogP contribution in [0, 0.1) is 18.3 Å². The Bertz CT molecular complexity index is 1250. The molecule has 3 aromatic heterocycles. The number of aryl methyl sites for hydroxylation is 2. The van der Waals surface area contributed by atoms with Crippen molar-refractivity contribution in [1.29, 1.82) is 0 Å². The normalized spacial score (nSPS) is 17.4. The van der Waals surface area contributed by atoms with Crippen LogP contribution in [0.1, 0.15) is 43.2 Å². The maximum Gasteiger partial charge on any atom is 0.268 e. The highest BCUT2D eigenvalue weighted by Gasteiger charge is 2.32. The second-order valence-electron chi connectivity index (χ2n) is 8.97. The van der Waals surface area contributed by atoms with Crippen LogP contribution >= 0.6 is 11.3 Å². The first-order chi connectivity index (χ1) is 13.3. The third kappa shape index (κ3) is 2.54. The van der Waals surface area contributed by atoms with Crippen molar-refractivity contribution in [3.63, 3.8) is 0 Å². The van der Waals surface area contributed by atoms with E-state index in [1.165, 1.54) is 10.4 Å². The third-order valence-corrected chi connectivity index (χ3v) is 7.38. The number of hydrogen-bond acceptors (Lipinski definition) is 4. The van der Waals surface area contributed by atoms with Gasteiger partial charge in [0.15, 0.2) is 0 Å². The van der Waals surface area contributed by atoms with Crippen LogP contribution in [-0.2, 0) is 12.8 Å². The molecule has 144 valence electrons. The first-order valence-electron chi connectivity index (χ1n) is 9.80. The van der Waals surface area contributed by atoms with Gasteiger partial charge >= 0.3 is 0 Å². The number of benzene rings is 1. The quantitative estimate of drug-likeness (QED) is 0.477. The fraction of sp³-hybridized carbons (Fsp3) is 0.409. The van der Waals surface area contributed by atoms with Gasteiger partial charge in [0.25, 0.3) is 5.56 Å².